The first-order valence-corrected chi connectivity index (χ1v) is 9.64. The number of hydrogen-bond donors (Lipinski definition) is 1. The third kappa shape index (κ3) is 4.67. The minimum Gasteiger partial charge on any atom is -0.487 e. The monoisotopic (exact) mass is 402 g/mol. The minimum atomic E-state index is -0.156. The van der Waals surface area contributed by atoms with Gasteiger partial charge in [-0.3, -0.25) is 4.98 Å². The Bertz CT molecular complexity index is 1090. The van der Waals surface area contributed by atoms with Crippen LogP contribution in [0, 0.1) is 6.92 Å². The highest BCUT2D eigenvalue weighted by molar-refractivity contribution is 5.53. The molecule has 0 fully saturated rings. The van der Waals surface area contributed by atoms with Crippen LogP contribution in [0.4, 0.5) is 0 Å². The second-order valence-corrected chi connectivity index (χ2v) is 6.72. The first-order valence-electron chi connectivity index (χ1n) is 9.64. The summed E-state index contributed by atoms with van der Waals surface area (Å²) < 4.78 is 17.4. The predicted molar refractivity (Wildman–Crippen MR) is 112 cm³/mol. The maximum atomic E-state index is 9.32. The standard InChI is InChI=1S/C24H22N2O4/c1-17-22(26-24(30-17)19-6-3-2-4-7-19)16-28-20-11-9-18(10-12-20)15-29-23-8-5-13-25-21(23)14-27/h2-13,27H,14-16H2,1H3. The van der Waals surface area contributed by atoms with E-state index in [4.69, 9.17) is 13.9 Å². The summed E-state index contributed by atoms with van der Waals surface area (Å²) in [5, 5.41) is 9.32. The molecule has 0 atom stereocenters. The Hall–Kier alpha value is -3.64. The summed E-state index contributed by atoms with van der Waals surface area (Å²) in [6, 6.07) is 21.0. The second kappa shape index (κ2) is 9.24. The van der Waals surface area contributed by atoms with Crippen LogP contribution in [-0.2, 0) is 19.8 Å². The number of nitrogens with zero attached hydrogens (tertiary/aromatic N) is 2. The lowest BCUT2D eigenvalue weighted by molar-refractivity contribution is 0.253. The van der Waals surface area contributed by atoms with E-state index in [0.717, 1.165) is 28.3 Å². The maximum absolute atomic E-state index is 9.32. The van der Waals surface area contributed by atoms with E-state index in [1.165, 1.54) is 0 Å². The molecule has 152 valence electrons. The smallest absolute Gasteiger partial charge is 0.226 e. The molecule has 0 aliphatic carbocycles. The molecule has 2 aromatic heterocycles. The third-order valence-corrected chi connectivity index (χ3v) is 4.60. The molecular weight excluding hydrogens is 380 g/mol. The number of pyridine rings is 1. The van der Waals surface area contributed by atoms with Gasteiger partial charge in [0.05, 0.1) is 6.61 Å². The van der Waals surface area contributed by atoms with Gasteiger partial charge in [-0.25, -0.2) is 4.98 Å². The Morgan fingerprint density at radius 1 is 0.867 bits per heavy atom. The van der Waals surface area contributed by atoms with Gasteiger partial charge in [0.25, 0.3) is 0 Å². The van der Waals surface area contributed by atoms with Crippen molar-refractivity contribution < 1.29 is 19.0 Å². The normalized spacial score (nSPS) is 10.7. The summed E-state index contributed by atoms with van der Waals surface area (Å²) in [5.41, 5.74) is 3.22. The Balaban J connectivity index is 1.35. The van der Waals surface area contributed by atoms with Crippen LogP contribution in [0.15, 0.2) is 77.3 Å². The lowest BCUT2D eigenvalue weighted by atomic mass is 10.2. The summed E-state index contributed by atoms with van der Waals surface area (Å²) in [4.78, 5) is 8.65. The van der Waals surface area contributed by atoms with E-state index in [-0.39, 0.29) is 6.61 Å². The van der Waals surface area contributed by atoms with Crippen molar-refractivity contribution in [1.29, 1.82) is 0 Å². The summed E-state index contributed by atoms with van der Waals surface area (Å²) in [6.07, 6.45) is 1.63. The molecule has 1 N–H and O–H groups in total. The fraction of sp³-hybridized carbons (Fsp3) is 0.167. The van der Waals surface area contributed by atoms with Crippen LogP contribution >= 0.6 is 0 Å². The van der Waals surface area contributed by atoms with Crippen LogP contribution in [0.25, 0.3) is 11.5 Å². The molecule has 0 unspecified atom stereocenters. The zero-order valence-corrected chi connectivity index (χ0v) is 16.6. The van der Waals surface area contributed by atoms with E-state index < -0.39 is 0 Å². The van der Waals surface area contributed by atoms with E-state index in [1.807, 2.05) is 61.5 Å². The van der Waals surface area contributed by atoms with Gasteiger partial charge in [0, 0.05) is 11.8 Å². The molecular formula is C24H22N2O4. The largest absolute Gasteiger partial charge is 0.487 e. The number of aromatic nitrogens is 2. The number of ether oxygens (including phenoxy) is 2. The number of oxazole rings is 1. The average molecular weight is 402 g/mol. The van der Waals surface area contributed by atoms with E-state index in [2.05, 4.69) is 9.97 Å². The number of benzene rings is 2. The van der Waals surface area contributed by atoms with E-state index in [1.54, 1.807) is 18.3 Å². The number of hydrogen-bond acceptors (Lipinski definition) is 6. The predicted octanol–water partition coefficient (Wildman–Crippen LogP) is 4.70. The van der Waals surface area contributed by atoms with Gasteiger partial charge >= 0.3 is 0 Å². The van der Waals surface area contributed by atoms with Gasteiger partial charge < -0.3 is 19.0 Å². The molecule has 0 aliphatic heterocycles. The van der Waals surface area contributed by atoms with Crippen LogP contribution < -0.4 is 9.47 Å². The Morgan fingerprint density at radius 2 is 1.67 bits per heavy atom. The van der Waals surface area contributed by atoms with Gasteiger partial charge in [-0.15, -0.1) is 0 Å². The molecule has 6 nitrogen and oxygen atoms in total. The van der Waals surface area contributed by atoms with Crippen molar-refractivity contribution in [3.63, 3.8) is 0 Å². The Kier molecular flexibility index (Phi) is 6.06. The van der Waals surface area contributed by atoms with Gasteiger partial charge in [0.15, 0.2) is 0 Å². The Morgan fingerprint density at radius 3 is 2.43 bits per heavy atom. The van der Waals surface area contributed by atoms with Crippen LogP contribution in [0.2, 0.25) is 0 Å². The SMILES string of the molecule is Cc1oc(-c2ccccc2)nc1COc1ccc(COc2cccnc2CO)cc1. The topological polar surface area (TPSA) is 77.6 Å². The molecule has 0 bridgehead atoms. The molecule has 4 rings (SSSR count). The summed E-state index contributed by atoms with van der Waals surface area (Å²) in [6.45, 7) is 2.43. The van der Waals surface area contributed by atoms with Crippen molar-refractivity contribution in [2.24, 2.45) is 0 Å². The zero-order valence-electron chi connectivity index (χ0n) is 16.6. The number of aliphatic hydroxyl groups excluding tert-OH is 1. The van der Waals surface area contributed by atoms with Gasteiger partial charge in [-0.05, 0) is 48.9 Å². The molecule has 0 saturated heterocycles. The van der Waals surface area contributed by atoms with E-state index in [9.17, 15) is 5.11 Å². The first kappa shape index (κ1) is 19.7. The van der Waals surface area contributed by atoms with Crippen LogP contribution in [0.1, 0.15) is 22.7 Å². The minimum absolute atomic E-state index is 0.156. The first-order chi connectivity index (χ1) is 14.7. The highest BCUT2D eigenvalue weighted by atomic mass is 16.5. The van der Waals surface area contributed by atoms with Crippen molar-refractivity contribution in [2.45, 2.75) is 26.7 Å². The van der Waals surface area contributed by atoms with Crippen molar-refractivity contribution in [2.75, 3.05) is 0 Å². The molecule has 0 spiro atoms. The average Bonchev–Trinajstić information content (AvgIpc) is 3.18. The molecule has 2 heterocycles. The number of rotatable bonds is 8. The van der Waals surface area contributed by atoms with E-state index in [0.29, 0.717) is 30.5 Å². The lowest BCUT2D eigenvalue weighted by Crippen LogP contribution is -2.01. The van der Waals surface area contributed by atoms with Crippen molar-refractivity contribution in [1.82, 2.24) is 9.97 Å². The molecule has 2 aromatic carbocycles. The molecule has 4 aromatic rings. The molecule has 0 saturated carbocycles. The molecule has 30 heavy (non-hydrogen) atoms. The summed E-state index contributed by atoms with van der Waals surface area (Å²) >= 11 is 0. The number of aryl methyl sites for hydroxylation is 1. The fourth-order valence-corrected chi connectivity index (χ4v) is 2.93. The Labute approximate surface area is 174 Å². The van der Waals surface area contributed by atoms with E-state index >= 15 is 0 Å². The summed E-state index contributed by atoms with van der Waals surface area (Å²) in [5.74, 6) is 2.66. The van der Waals surface area contributed by atoms with Crippen molar-refractivity contribution >= 4 is 0 Å². The van der Waals surface area contributed by atoms with Crippen LogP contribution in [0.3, 0.4) is 0 Å². The molecule has 6 heteroatoms. The van der Waals surface area contributed by atoms with Gasteiger partial charge in [-0.1, -0.05) is 30.3 Å². The highest BCUT2D eigenvalue weighted by Gasteiger charge is 2.12. The molecule has 0 aliphatic rings. The van der Waals surface area contributed by atoms with Crippen LogP contribution in [-0.4, -0.2) is 15.1 Å². The quantitative estimate of drug-likeness (QED) is 0.460. The van der Waals surface area contributed by atoms with Gasteiger partial charge in [-0.2, -0.15) is 0 Å². The van der Waals surface area contributed by atoms with Gasteiger partial charge in [0.1, 0.15) is 41.9 Å². The van der Waals surface area contributed by atoms with Gasteiger partial charge in [0.2, 0.25) is 5.89 Å². The summed E-state index contributed by atoms with van der Waals surface area (Å²) in [7, 11) is 0. The zero-order chi connectivity index (χ0) is 20.8. The highest BCUT2D eigenvalue weighted by Crippen LogP contribution is 2.23. The maximum Gasteiger partial charge on any atom is 0.226 e. The van der Waals surface area contributed by atoms with Crippen LogP contribution in [0.5, 0.6) is 11.5 Å². The third-order valence-electron chi connectivity index (χ3n) is 4.60. The fourth-order valence-electron chi connectivity index (χ4n) is 2.93. The number of aliphatic hydroxyl groups is 1. The molecule has 0 amide bonds. The molecule has 0 radical (unpaired) electrons. The van der Waals surface area contributed by atoms with Crippen molar-refractivity contribution in [3.05, 3.63) is 95.6 Å². The van der Waals surface area contributed by atoms with Crippen molar-refractivity contribution in [3.8, 4) is 23.0 Å². The second-order valence-electron chi connectivity index (χ2n) is 6.72. The lowest BCUT2D eigenvalue weighted by Gasteiger charge is -2.10.